The number of carbonyl (C=O) groups excluding carboxylic acids is 1. The van der Waals surface area contributed by atoms with E-state index in [1.807, 2.05) is 6.07 Å². The zero-order valence-corrected chi connectivity index (χ0v) is 19.8. The van der Waals surface area contributed by atoms with Crippen LogP contribution in [0.1, 0.15) is 60.0 Å². The van der Waals surface area contributed by atoms with Crippen molar-refractivity contribution in [1.82, 2.24) is 10.3 Å². The lowest BCUT2D eigenvalue weighted by molar-refractivity contribution is -0.137. The van der Waals surface area contributed by atoms with Gasteiger partial charge in [0.1, 0.15) is 11.6 Å². The number of rotatable bonds is 6. The fraction of sp³-hybridized carbons (Fsp3) is 0.500. The summed E-state index contributed by atoms with van der Waals surface area (Å²) in [6.45, 7) is 1.87. The van der Waals surface area contributed by atoms with E-state index in [0.29, 0.717) is 37.2 Å². The number of nitrogens with one attached hydrogen (secondary N) is 1. The van der Waals surface area contributed by atoms with E-state index in [-0.39, 0.29) is 30.4 Å². The maximum absolute atomic E-state index is 13.2. The zero-order chi connectivity index (χ0) is 25.7. The van der Waals surface area contributed by atoms with Crippen LogP contribution in [0.5, 0.6) is 5.75 Å². The Morgan fingerprint density at radius 3 is 2.44 bits per heavy atom. The van der Waals surface area contributed by atoms with Crippen LogP contribution in [0, 0.1) is 17.2 Å². The van der Waals surface area contributed by atoms with Gasteiger partial charge in [0.2, 0.25) is 0 Å². The number of hydrogen-bond acceptors (Lipinski definition) is 6. The molecule has 7 nitrogen and oxygen atoms in total. The van der Waals surface area contributed by atoms with Crippen molar-refractivity contribution >= 4 is 11.7 Å². The molecule has 4 rings (SSSR count). The number of aliphatic hydroxyl groups excluding tert-OH is 1. The third-order valence-electron chi connectivity index (χ3n) is 6.94. The number of amides is 1. The van der Waals surface area contributed by atoms with Crippen molar-refractivity contribution in [2.75, 3.05) is 24.6 Å². The number of nitrogens with zero attached hydrogens (tertiary/aromatic N) is 3. The van der Waals surface area contributed by atoms with Crippen LogP contribution >= 0.6 is 0 Å². The lowest BCUT2D eigenvalue weighted by atomic mass is 9.92. The molecule has 1 saturated heterocycles. The van der Waals surface area contributed by atoms with Crippen molar-refractivity contribution in [2.45, 2.75) is 56.8 Å². The smallest absolute Gasteiger partial charge is 0.417 e. The van der Waals surface area contributed by atoms with Crippen LogP contribution in [0.3, 0.4) is 0 Å². The number of benzene rings is 1. The SMILES string of the molecule is N#Cc1ccc(OC2CCC(NC(=O)c3ccc(N4CCC(CO)CC4)nc3)CC2)cc1C(F)(F)F. The molecule has 36 heavy (non-hydrogen) atoms. The van der Waals surface area contributed by atoms with Gasteiger partial charge >= 0.3 is 6.18 Å². The molecule has 2 N–H and O–H groups in total. The third-order valence-corrected chi connectivity index (χ3v) is 6.94. The van der Waals surface area contributed by atoms with E-state index in [2.05, 4.69) is 15.2 Å². The van der Waals surface area contributed by atoms with Crippen molar-refractivity contribution in [3.8, 4) is 11.8 Å². The van der Waals surface area contributed by atoms with E-state index in [4.69, 9.17) is 10.00 Å². The second kappa shape index (κ2) is 11.2. The van der Waals surface area contributed by atoms with Crippen molar-refractivity contribution in [1.29, 1.82) is 5.26 Å². The van der Waals surface area contributed by atoms with Crippen molar-refractivity contribution in [3.63, 3.8) is 0 Å². The summed E-state index contributed by atoms with van der Waals surface area (Å²) < 4.78 is 45.3. The van der Waals surface area contributed by atoms with Crippen molar-refractivity contribution in [2.24, 2.45) is 5.92 Å². The van der Waals surface area contributed by atoms with Crippen LogP contribution in [0.15, 0.2) is 36.5 Å². The Bertz CT molecular complexity index is 1090. The molecule has 2 fully saturated rings. The number of aromatic nitrogens is 1. The fourth-order valence-electron chi connectivity index (χ4n) is 4.77. The number of pyridine rings is 1. The minimum Gasteiger partial charge on any atom is -0.490 e. The number of hydrogen-bond donors (Lipinski definition) is 2. The van der Waals surface area contributed by atoms with Crippen LogP contribution < -0.4 is 15.0 Å². The lowest BCUT2D eigenvalue weighted by Crippen LogP contribution is -2.39. The molecular formula is C26H29F3N4O3. The van der Waals surface area contributed by atoms with Crippen LogP contribution in [0.2, 0.25) is 0 Å². The Labute approximate surface area is 207 Å². The maximum atomic E-state index is 13.2. The van der Waals surface area contributed by atoms with Crippen LogP contribution in [-0.2, 0) is 6.18 Å². The summed E-state index contributed by atoms with van der Waals surface area (Å²) in [6, 6.07) is 8.49. The van der Waals surface area contributed by atoms with Gasteiger partial charge in [0.05, 0.1) is 28.9 Å². The molecule has 0 bridgehead atoms. The van der Waals surface area contributed by atoms with Gasteiger partial charge in [-0.25, -0.2) is 4.98 Å². The molecule has 0 spiro atoms. The molecule has 10 heteroatoms. The Balaban J connectivity index is 1.26. The standard InChI is InChI=1S/C26H29F3N4O3/c27-26(28,29)23-13-22(5-1-18(23)14-30)36-21-6-3-20(4-7-21)32-25(35)19-2-8-24(31-15-19)33-11-9-17(16-34)10-12-33/h1-2,5,8,13,15,17,20-21,34H,3-4,6-7,9-12,16H2,(H,32,35). The van der Waals surface area contributed by atoms with Gasteiger partial charge in [-0.2, -0.15) is 18.4 Å². The number of alkyl halides is 3. The molecule has 2 heterocycles. The van der Waals surface area contributed by atoms with Crippen molar-refractivity contribution < 1.29 is 27.8 Å². The number of aliphatic hydroxyl groups is 1. The first-order valence-corrected chi connectivity index (χ1v) is 12.2. The maximum Gasteiger partial charge on any atom is 0.417 e. The molecule has 1 aliphatic carbocycles. The topological polar surface area (TPSA) is 98.5 Å². The predicted molar refractivity (Wildman–Crippen MR) is 127 cm³/mol. The molecule has 1 aromatic carbocycles. The molecule has 0 atom stereocenters. The number of nitriles is 1. The molecule has 2 aromatic rings. The average molecular weight is 503 g/mol. The number of ether oxygens (including phenoxy) is 1. The van der Waals surface area contributed by atoms with Crippen LogP contribution in [-0.4, -0.2) is 47.8 Å². The van der Waals surface area contributed by atoms with E-state index >= 15 is 0 Å². The fourth-order valence-corrected chi connectivity index (χ4v) is 4.77. The second-order valence-corrected chi connectivity index (χ2v) is 9.40. The first-order valence-electron chi connectivity index (χ1n) is 12.2. The summed E-state index contributed by atoms with van der Waals surface area (Å²) in [5.74, 6) is 1.03. The van der Waals surface area contributed by atoms with E-state index in [0.717, 1.165) is 43.9 Å². The molecule has 1 saturated carbocycles. The summed E-state index contributed by atoms with van der Waals surface area (Å²) in [5, 5.41) is 21.2. The predicted octanol–water partition coefficient (Wildman–Crippen LogP) is 4.30. The van der Waals surface area contributed by atoms with Gasteiger partial charge < -0.3 is 20.1 Å². The van der Waals surface area contributed by atoms with Gasteiger partial charge in [-0.05, 0) is 74.8 Å². The van der Waals surface area contributed by atoms with Gasteiger partial charge in [-0.15, -0.1) is 0 Å². The molecule has 1 amide bonds. The summed E-state index contributed by atoms with van der Waals surface area (Å²) >= 11 is 0. The van der Waals surface area contributed by atoms with Gasteiger partial charge in [0.15, 0.2) is 0 Å². The van der Waals surface area contributed by atoms with Gasteiger partial charge in [0.25, 0.3) is 5.91 Å². The molecule has 1 aromatic heterocycles. The highest BCUT2D eigenvalue weighted by Crippen LogP contribution is 2.35. The minimum atomic E-state index is -4.63. The number of anilines is 1. The average Bonchev–Trinajstić information content (AvgIpc) is 2.89. The normalized spacial score (nSPS) is 21.0. The molecule has 0 radical (unpaired) electrons. The highest BCUT2D eigenvalue weighted by Gasteiger charge is 2.34. The summed E-state index contributed by atoms with van der Waals surface area (Å²) in [5.41, 5.74) is -0.965. The number of piperidine rings is 1. The summed E-state index contributed by atoms with van der Waals surface area (Å²) in [4.78, 5) is 19.3. The van der Waals surface area contributed by atoms with Gasteiger partial charge in [-0.3, -0.25) is 4.79 Å². The molecule has 2 aliphatic rings. The Morgan fingerprint density at radius 1 is 1.14 bits per heavy atom. The van der Waals surface area contributed by atoms with Gasteiger partial charge in [-0.1, -0.05) is 0 Å². The second-order valence-electron chi connectivity index (χ2n) is 9.40. The molecular weight excluding hydrogens is 473 g/mol. The Morgan fingerprint density at radius 2 is 1.86 bits per heavy atom. The summed E-state index contributed by atoms with van der Waals surface area (Å²) in [7, 11) is 0. The number of carbonyl (C=O) groups is 1. The third kappa shape index (κ3) is 6.26. The lowest BCUT2D eigenvalue weighted by Gasteiger charge is -2.32. The van der Waals surface area contributed by atoms with Crippen LogP contribution in [0.25, 0.3) is 0 Å². The Kier molecular flexibility index (Phi) is 7.99. The molecule has 1 aliphatic heterocycles. The van der Waals surface area contributed by atoms with Crippen molar-refractivity contribution in [3.05, 3.63) is 53.2 Å². The minimum absolute atomic E-state index is 0.0544. The Hall–Kier alpha value is -3.32. The zero-order valence-electron chi connectivity index (χ0n) is 19.8. The van der Waals surface area contributed by atoms with E-state index in [1.54, 1.807) is 18.3 Å². The van der Waals surface area contributed by atoms with Gasteiger partial charge in [0, 0.05) is 31.9 Å². The molecule has 0 unspecified atom stereocenters. The highest BCUT2D eigenvalue weighted by atomic mass is 19.4. The highest BCUT2D eigenvalue weighted by molar-refractivity contribution is 5.94. The summed E-state index contributed by atoms with van der Waals surface area (Å²) in [6.07, 6.45) is 0.984. The van der Waals surface area contributed by atoms with E-state index < -0.39 is 17.3 Å². The molecule has 192 valence electrons. The van der Waals surface area contributed by atoms with E-state index in [1.165, 1.54) is 6.07 Å². The monoisotopic (exact) mass is 502 g/mol. The van der Waals surface area contributed by atoms with E-state index in [9.17, 15) is 23.1 Å². The van der Waals surface area contributed by atoms with Crippen LogP contribution in [0.4, 0.5) is 19.0 Å². The first-order chi connectivity index (χ1) is 17.3. The number of halogens is 3. The first kappa shape index (κ1) is 25.8. The largest absolute Gasteiger partial charge is 0.490 e. The quantitative estimate of drug-likeness (QED) is 0.611.